The summed E-state index contributed by atoms with van der Waals surface area (Å²) >= 11 is 1.47. The summed E-state index contributed by atoms with van der Waals surface area (Å²) in [5.41, 5.74) is 0.589. The maximum Gasteiger partial charge on any atom is 0.349 e. The van der Waals surface area contributed by atoms with Crippen molar-refractivity contribution >= 4 is 22.9 Å². The van der Waals surface area contributed by atoms with Crippen LogP contribution in [0.3, 0.4) is 0 Å². The van der Waals surface area contributed by atoms with Gasteiger partial charge in [-0.2, -0.15) is 5.26 Å². The molecule has 0 saturated heterocycles. The van der Waals surface area contributed by atoms with E-state index in [1.54, 1.807) is 12.3 Å². The van der Waals surface area contributed by atoms with E-state index >= 15 is 0 Å². The van der Waals surface area contributed by atoms with Crippen LogP contribution in [-0.2, 0) is 9.53 Å². The predicted octanol–water partition coefficient (Wildman–Crippen LogP) is 2.27. The highest BCUT2D eigenvalue weighted by Gasteiger charge is 2.16. The molecule has 0 aliphatic carbocycles. The van der Waals surface area contributed by atoms with Gasteiger partial charge in [-0.3, -0.25) is 0 Å². The van der Waals surface area contributed by atoms with Gasteiger partial charge in [-0.1, -0.05) is 6.07 Å². The van der Waals surface area contributed by atoms with Crippen LogP contribution < -0.4 is 0 Å². The molecule has 1 heterocycles. The van der Waals surface area contributed by atoms with Crippen molar-refractivity contribution in [2.75, 3.05) is 21.2 Å². The summed E-state index contributed by atoms with van der Waals surface area (Å²) in [5.74, 6) is -0.621. The standard InChI is InChI=1S/C13H14N2O2S/c1-15(2)7-6-10(12-5-4-8-18-12)11(9-14)13(16)17-3/h4-8H,1-3H3. The van der Waals surface area contributed by atoms with Gasteiger partial charge in [0.2, 0.25) is 0 Å². The normalized spacial score (nSPS) is 11.9. The van der Waals surface area contributed by atoms with Crippen molar-refractivity contribution in [1.82, 2.24) is 4.90 Å². The van der Waals surface area contributed by atoms with Gasteiger partial charge in [0.15, 0.2) is 0 Å². The summed E-state index contributed by atoms with van der Waals surface area (Å²) in [6.45, 7) is 0. The third-order valence-corrected chi connectivity index (χ3v) is 3.00. The molecule has 0 aromatic carbocycles. The summed E-state index contributed by atoms with van der Waals surface area (Å²) in [6.07, 6.45) is 3.52. The largest absolute Gasteiger partial charge is 0.465 e. The zero-order valence-corrected chi connectivity index (χ0v) is 11.3. The number of rotatable bonds is 4. The van der Waals surface area contributed by atoms with Crippen molar-refractivity contribution in [2.24, 2.45) is 0 Å². The lowest BCUT2D eigenvalue weighted by atomic mass is 10.1. The summed E-state index contributed by atoms with van der Waals surface area (Å²) in [6, 6.07) is 5.64. The van der Waals surface area contributed by atoms with Crippen LogP contribution in [0.4, 0.5) is 0 Å². The number of nitriles is 1. The number of esters is 1. The topological polar surface area (TPSA) is 53.3 Å². The van der Waals surface area contributed by atoms with Crippen molar-refractivity contribution in [2.45, 2.75) is 0 Å². The Morgan fingerprint density at radius 1 is 1.56 bits per heavy atom. The van der Waals surface area contributed by atoms with Gasteiger partial charge in [0, 0.05) is 24.5 Å². The second-order valence-corrected chi connectivity index (χ2v) is 4.60. The molecule has 1 aromatic rings. The number of methoxy groups -OCH3 is 1. The van der Waals surface area contributed by atoms with E-state index in [0.29, 0.717) is 5.57 Å². The molecule has 1 aromatic heterocycles. The molecule has 0 radical (unpaired) electrons. The molecule has 0 saturated carbocycles. The van der Waals surface area contributed by atoms with Gasteiger partial charge in [-0.05, 0) is 23.7 Å². The second kappa shape index (κ2) is 6.62. The van der Waals surface area contributed by atoms with Crippen molar-refractivity contribution in [3.63, 3.8) is 0 Å². The third-order valence-electron chi connectivity index (χ3n) is 2.10. The van der Waals surface area contributed by atoms with E-state index in [1.165, 1.54) is 18.4 Å². The Bertz CT molecular complexity index is 508. The summed E-state index contributed by atoms with van der Waals surface area (Å²) in [4.78, 5) is 14.3. The molecule has 0 N–H and O–H groups in total. The van der Waals surface area contributed by atoms with Gasteiger partial charge in [0.05, 0.1) is 7.11 Å². The SMILES string of the molecule is COC(=O)C(C#N)=C(C=CN(C)C)c1cccs1. The first-order chi connectivity index (χ1) is 8.60. The molecule has 0 unspecified atom stereocenters. The van der Waals surface area contributed by atoms with Crippen LogP contribution in [0.5, 0.6) is 0 Å². The average Bonchev–Trinajstić information content (AvgIpc) is 2.86. The second-order valence-electron chi connectivity index (χ2n) is 3.65. The molecule has 0 atom stereocenters. The fraction of sp³-hybridized carbons (Fsp3) is 0.231. The summed E-state index contributed by atoms with van der Waals surface area (Å²) < 4.78 is 4.63. The highest BCUT2D eigenvalue weighted by Crippen LogP contribution is 2.25. The van der Waals surface area contributed by atoms with Gasteiger partial charge in [0.25, 0.3) is 0 Å². The molecule has 0 fully saturated rings. The van der Waals surface area contributed by atoms with E-state index < -0.39 is 5.97 Å². The number of hydrogen-bond donors (Lipinski definition) is 0. The van der Waals surface area contributed by atoms with Crippen LogP contribution in [0.2, 0.25) is 0 Å². The molecule has 0 bridgehead atoms. The van der Waals surface area contributed by atoms with Crippen molar-refractivity contribution in [1.29, 1.82) is 5.26 Å². The fourth-order valence-electron chi connectivity index (χ4n) is 1.26. The third kappa shape index (κ3) is 3.47. The van der Waals surface area contributed by atoms with Gasteiger partial charge in [-0.15, -0.1) is 11.3 Å². The first-order valence-electron chi connectivity index (χ1n) is 5.21. The lowest BCUT2D eigenvalue weighted by molar-refractivity contribution is -0.135. The van der Waals surface area contributed by atoms with E-state index in [1.807, 2.05) is 42.6 Å². The molecule has 18 heavy (non-hydrogen) atoms. The number of carbonyl (C=O) groups is 1. The van der Waals surface area contributed by atoms with Gasteiger partial charge in [-0.25, -0.2) is 4.79 Å². The Hall–Kier alpha value is -2.06. The van der Waals surface area contributed by atoms with E-state index in [2.05, 4.69) is 4.74 Å². The maximum absolute atomic E-state index is 11.6. The number of ether oxygens (including phenoxy) is 1. The molecular formula is C13H14N2O2S. The van der Waals surface area contributed by atoms with Crippen LogP contribution in [-0.4, -0.2) is 32.1 Å². The molecule has 0 aliphatic rings. The minimum Gasteiger partial charge on any atom is -0.465 e. The lowest BCUT2D eigenvalue weighted by Crippen LogP contribution is -2.06. The van der Waals surface area contributed by atoms with Gasteiger partial charge >= 0.3 is 5.97 Å². The minimum absolute atomic E-state index is 0.0121. The molecule has 0 aliphatic heterocycles. The molecule has 94 valence electrons. The van der Waals surface area contributed by atoms with Crippen LogP contribution in [0, 0.1) is 11.3 Å². The number of hydrogen-bond acceptors (Lipinski definition) is 5. The highest BCUT2D eigenvalue weighted by molar-refractivity contribution is 7.11. The van der Waals surface area contributed by atoms with Crippen LogP contribution in [0.1, 0.15) is 4.88 Å². The number of thiophene rings is 1. The predicted molar refractivity (Wildman–Crippen MR) is 71.7 cm³/mol. The quantitative estimate of drug-likeness (QED) is 0.361. The van der Waals surface area contributed by atoms with Gasteiger partial charge < -0.3 is 9.64 Å². The zero-order chi connectivity index (χ0) is 13.5. The number of nitrogens with zero attached hydrogens (tertiary/aromatic N) is 2. The van der Waals surface area contributed by atoms with Gasteiger partial charge in [0.1, 0.15) is 11.6 Å². The molecule has 1 rings (SSSR count). The molecule has 0 spiro atoms. The number of allylic oxidation sites excluding steroid dienone is 2. The number of carbonyl (C=O) groups excluding carboxylic acids is 1. The maximum atomic E-state index is 11.6. The highest BCUT2D eigenvalue weighted by atomic mass is 32.1. The Kier molecular flexibility index (Phi) is 5.15. The summed E-state index contributed by atoms with van der Waals surface area (Å²) in [7, 11) is 5.00. The van der Waals surface area contributed by atoms with E-state index in [0.717, 1.165) is 4.88 Å². The van der Waals surface area contributed by atoms with Crippen LogP contribution >= 0.6 is 11.3 Å². The van der Waals surface area contributed by atoms with Crippen LogP contribution in [0.15, 0.2) is 35.4 Å². The summed E-state index contributed by atoms with van der Waals surface area (Å²) in [5, 5.41) is 11.0. The van der Waals surface area contributed by atoms with Crippen LogP contribution in [0.25, 0.3) is 5.57 Å². The van der Waals surface area contributed by atoms with Crippen molar-refractivity contribution < 1.29 is 9.53 Å². The average molecular weight is 262 g/mol. The van der Waals surface area contributed by atoms with E-state index in [9.17, 15) is 4.79 Å². The molecule has 5 heteroatoms. The van der Waals surface area contributed by atoms with E-state index in [-0.39, 0.29) is 5.57 Å². The Morgan fingerprint density at radius 3 is 2.72 bits per heavy atom. The van der Waals surface area contributed by atoms with E-state index in [4.69, 9.17) is 5.26 Å². The zero-order valence-electron chi connectivity index (χ0n) is 10.5. The molecular weight excluding hydrogens is 248 g/mol. The molecule has 4 nitrogen and oxygen atoms in total. The lowest BCUT2D eigenvalue weighted by Gasteiger charge is -2.06. The smallest absolute Gasteiger partial charge is 0.349 e. The Morgan fingerprint density at radius 2 is 2.28 bits per heavy atom. The van der Waals surface area contributed by atoms with Crippen molar-refractivity contribution in [3.05, 3.63) is 40.2 Å². The fourth-order valence-corrected chi connectivity index (χ4v) is 2.02. The first kappa shape index (κ1) is 14.0. The molecule has 0 amide bonds. The minimum atomic E-state index is -0.621. The van der Waals surface area contributed by atoms with Crippen molar-refractivity contribution in [3.8, 4) is 6.07 Å². The Labute approximate surface area is 110 Å². The monoisotopic (exact) mass is 262 g/mol. The Balaban J connectivity index is 3.31. The first-order valence-corrected chi connectivity index (χ1v) is 6.09.